The van der Waals surface area contributed by atoms with E-state index in [2.05, 4.69) is 28.2 Å². The summed E-state index contributed by atoms with van der Waals surface area (Å²) in [6, 6.07) is 8.23. The number of rotatable bonds is 4. The van der Waals surface area contributed by atoms with Gasteiger partial charge in [-0.25, -0.2) is 0 Å². The molecular weight excluding hydrogens is 236 g/mol. The molecule has 0 radical (unpaired) electrons. The topological polar surface area (TPSA) is 42.3 Å². The normalized spacial score (nSPS) is 17.1. The van der Waals surface area contributed by atoms with E-state index < -0.39 is 0 Å². The van der Waals surface area contributed by atoms with Crippen molar-refractivity contribution in [2.24, 2.45) is 0 Å². The van der Waals surface area contributed by atoms with Crippen molar-refractivity contribution in [3.63, 3.8) is 0 Å². The lowest BCUT2D eigenvalue weighted by atomic mass is 10.1. The maximum atomic E-state index is 9.17. The lowest BCUT2D eigenvalue weighted by Crippen LogP contribution is -2.45. The molecule has 1 fully saturated rings. The van der Waals surface area contributed by atoms with Gasteiger partial charge in [0.25, 0.3) is 0 Å². The summed E-state index contributed by atoms with van der Waals surface area (Å²) >= 11 is 0. The number of benzene rings is 1. The fraction of sp³-hybridized carbons (Fsp3) is 0.533. The van der Waals surface area contributed by atoms with Crippen molar-refractivity contribution in [2.45, 2.75) is 6.92 Å². The molecule has 0 aromatic heterocycles. The Hall–Kier alpha value is -1.57. The van der Waals surface area contributed by atoms with E-state index in [9.17, 15) is 5.26 Å². The maximum absolute atomic E-state index is 9.17. The molecule has 0 bridgehead atoms. The van der Waals surface area contributed by atoms with Gasteiger partial charge in [-0.3, -0.25) is 4.90 Å². The van der Waals surface area contributed by atoms with Crippen molar-refractivity contribution < 1.29 is 0 Å². The van der Waals surface area contributed by atoms with Gasteiger partial charge in [0, 0.05) is 39.3 Å². The Kier molecular flexibility index (Phi) is 4.78. The van der Waals surface area contributed by atoms with Crippen molar-refractivity contribution >= 4 is 5.69 Å². The maximum Gasteiger partial charge on any atom is 0.102 e. The van der Waals surface area contributed by atoms with Gasteiger partial charge in [0.15, 0.2) is 0 Å². The highest BCUT2D eigenvalue weighted by Crippen LogP contribution is 2.17. The van der Waals surface area contributed by atoms with E-state index in [-0.39, 0.29) is 0 Å². The molecule has 0 amide bonds. The second-order valence-corrected chi connectivity index (χ2v) is 5.18. The third-order valence-corrected chi connectivity index (χ3v) is 3.72. The minimum absolute atomic E-state index is 0.765. The number of nitriles is 1. The van der Waals surface area contributed by atoms with Crippen LogP contribution in [0.15, 0.2) is 18.2 Å². The standard InChI is InChI=1S/C15H22N4/c1-13-4-3-5-15(14(13)12-16)17-6-7-19-10-8-18(2)9-11-19/h3-5,17H,6-11H2,1-2H3. The zero-order chi connectivity index (χ0) is 13.7. The van der Waals surface area contributed by atoms with Gasteiger partial charge >= 0.3 is 0 Å². The first-order chi connectivity index (χ1) is 9.20. The molecule has 1 aliphatic rings. The second kappa shape index (κ2) is 6.55. The zero-order valence-electron chi connectivity index (χ0n) is 11.8. The number of likely N-dealkylation sites (N-methyl/N-ethyl adjacent to an activating group) is 1. The van der Waals surface area contributed by atoms with Crippen LogP contribution in [0.4, 0.5) is 5.69 Å². The minimum Gasteiger partial charge on any atom is -0.383 e. The fourth-order valence-corrected chi connectivity index (χ4v) is 2.38. The molecule has 4 heteroatoms. The molecule has 0 aliphatic carbocycles. The summed E-state index contributed by atoms with van der Waals surface area (Å²) in [6.07, 6.45) is 0. The van der Waals surface area contributed by atoms with Gasteiger partial charge < -0.3 is 10.2 Å². The van der Waals surface area contributed by atoms with E-state index in [0.717, 1.165) is 56.1 Å². The van der Waals surface area contributed by atoms with Gasteiger partial charge in [0.2, 0.25) is 0 Å². The van der Waals surface area contributed by atoms with Crippen LogP contribution in [0.5, 0.6) is 0 Å². The van der Waals surface area contributed by atoms with Crippen molar-refractivity contribution in [3.8, 4) is 6.07 Å². The lowest BCUT2D eigenvalue weighted by molar-refractivity contribution is 0.158. The van der Waals surface area contributed by atoms with Crippen LogP contribution in [0, 0.1) is 18.3 Å². The van der Waals surface area contributed by atoms with Crippen LogP contribution in [0.3, 0.4) is 0 Å². The molecule has 19 heavy (non-hydrogen) atoms. The summed E-state index contributed by atoms with van der Waals surface area (Å²) in [4.78, 5) is 4.83. The monoisotopic (exact) mass is 258 g/mol. The first kappa shape index (κ1) is 13.9. The highest BCUT2D eigenvalue weighted by Gasteiger charge is 2.13. The highest BCUT2D eigenvalue weighted by molar-refractivity contribution is 5.60. The summed E-state index contributed by atoms with van der Waals surface area (Å²) in [5.41, 5.74) is 2.75. The Morgan fingerprint density at radius 1 is 1.26 bits per heavy atom. The molecule has 1 aromatic rings. The quantitative estimate of drug-likeness (QED) is 0.889. The predicted molar refractivity (Wildman–Crippen MR) is 78.3 cm³/mol. The van der Waals surface area contributed by atoms with Crippen molar-refractivity contribution in [1.82, 2.24) is 9.80 Å². The van der Waals surface area contributed by atoms with Gasteiger partial charge in [-0.2, -0.15) is 5.26 Å². The van der Waals surface area contributed by atoms with Crippen molar-refractivity contribution in [3.05, 3.63) is 29.3 Å². The molecule has 1 aliphatic heterocycles. The summed E-state index contributed by atoms with van der Waals surface area (Å²) in [5, 5.41) is 12.6. The molecule has 0 saturated carbocycles. The third kappa shape index (κ3) is 3.69. The van der Waals surface area contributed by atoms with E-state index in [0.29, 0.717) is 0 Å². The van der Waals surface area contributed by atoms with Gasteiger partial charge in [-0.1, -0.05) is 12.1 Å². The number of nitrogens with one attached hydrogen (secondary N) is 1. The molecule has 1 saturated heterocycles. The molecule has 1 heterocycles. The van der Waals surface area contributed by atoms with Gasteiger partial charge in [-0.15, -0.1) is 0 Å². The summed E-state index contributed by atoms with van der Waals surface area (Å²) < 4.78 is 0. The van der Waals surface area contributed by atoms with Crippen LogP contribution in [-0.4, -0.2) is 56.1 Å². The smallest absolute Gasteiger partial charge is 0.102 e. The largest absolute Gasteiger partial charge is 0.383 e. The van der Waals surface area contributed by atoms with E-state index in [4.69, 9.17) is 0 Å². The van der Waals surface area contributed by atoms with E-state index >= 15 is 0 Å². The molecule has 1 N–H and O–H groups in total. The zero-order valence-corrected chi connectivity index (χ0v) is 11.8. The first-order valence-corrected chi connectivity index (χ1v) is 6.85. The molecule has 1 aromatic carbocycles. The predicted octanol–water partition coefficient (Wildman–Crippen LogP) is 1.53. The fourth-order valence-electron chi connectivity index (χ4n) is 2.38. The lowest BCUT2D eigenvalue weighted by Gasteiger charge is -2.32. The van der Waals surface area contributed by atoms with E-state index in [1.165, 1.54) is 0 Å². The highest BCUT2D eigenvalue weighted by atomic mass is 15.2. The third-order valence-electron chi connectivity index (χ3n) is 3.72. The molecular formula is C15H22N4. The second-order valence-electron chi connectivity index (χ2n) is 5.18. The Balaban J connectivity index is 1.83. The number of aryl methyl sites for hydroxylation is 1. The number of piperazine rings is 1. The van der Waals surface area contributed by atoms with Crippen LogP contribution in [-0.2, 0) is 0 Å². The van der Waals surface area contributed by atoms with Gasteiger partial charge in [0.1, 0.15) is 6.07 Å². The van der Waals surface area contributed by atoms with Crippen LogP contribution in [0.25, 0.3) is 0 Å². The Morgan fingerprint density at radius 3 is 2.68 bits per heavy atom. The molecule has 0 atom stereocenters. The van der Waals surface area contributed by atoms with E-state index in [1.54, 1.807) is 0 Å². The molecule has 2 rings (SSSR count). The van der Waals surface area contributed by atoms with Crippen LogP contribution in [0.2, 0.25) is 0 Å². The molecule has 4 nitrogen and oxygen atoms in total. The molecule has 0 spiro atoms. The SMILES string of the molecule is Cc1cccc(NCCN2CCN(C)CC2)c1C#N. The van der Waals surface area contributed by atoms with Gasteiger partial charge in [0.05, 0.1) is 11.3 Å². The van der Waals surface area contributed by atoms with Crippen LogP contribution in [0.1, 0.15) is 11.1 Å². The summed E-state index contributed by atoms with van der Waals surface area (Å²) in [7, 11) is 2.17. The summed E-state index contributed by atoms with van der Waals surface area (Å²) in [6.45, 7) is 8.47. The average molecular weight is 258 g/mol. The number of hydrogen-bond donors (Lipinski definition) is 1. The number of anilines is 1. The minimum atomic E-state index is 0.765. The number of nitrogens with zero attached hydrogens (tertiary/aromatic N) is 3. The van der Waals surface area contributed by atoms with Crippen molar-refractivity contribution in [2.75, 3.05) is 51.6 Å². The number of hydrogen-bond acceptors (Lipinski definition) is 4. The molecule has 102 valence electrons. The Labute approximate surface area is 115 Å². The Morgan fingerprint density at radius 2 is 2.00 bits per heavy atom. The first-order valence-electron chi connectivity index (χ1n) is 6.85. The summed E-state index contributed by atoms with van der Waals surface area (Å²) in [5.74, 6) is 0. The van der Waals surface area contributed by atoms with Crippen LogP contribution < -0.4 is 5.32 Å². The van der Waals surface area contributed by atoms with Crippen molar-refractivity contribution in [1.29, 1.82) is 5.26 Å². The van der Waals surface area contributed by atoms with Crippen LogP contribution >= 0.6 is 0 Å². The van der Waals surface area contributed by atoms with E-state index in [1.807, 2.05) is 25.1 Å². The molecule has 0 unspecified atom stereocenters. The van der Waals surface area contributed by atoms with Gasteiger partial charge in [-0.05, 0) is 25.6 Å². The average Bonchev–Trinajstić information content (AvgIpc) is 2.41. The Bertz CT molecular complexity index is 456.